The van der Waals surface area contributed by atoms with Crippen molar-refractivity contribution in [2.24, 2.45) is 10.9 Å². The van der Waals surface area contributed by atoms with Crippen LogP contribution in [0.4, 0.5) is 0 Å². The molecule has 0 aromatic rings. The molecule has 6 nitrogen and oxygen atoms in total. The Morgan fingerprint density at radius 1 is 1.08 bits per heavy atom. The number of nitrogens with zero attached hydrogens (tertiary/aromatic N) is 3. The third-order valence-corrected chi connectivity index (χ3v) is 4.77. The monoisotopic (exact) mass is 483 g/mol. The van der Waals surface area contributed by atoms with E-state index in [1.807, 2.05) is 6.92 Å². The summed E-state index contributed by atoms with van der Waals surface area (Å²) in [5.74, 6) is 1.56. The van der Waals surface area contributed by atoms with Crippen molar-refractivity contribution in [2.45, 2.75) is 46.6 Å². The number of rotatable bonds is 11. The van der Waals surface area contributed by atoms with Crippen LogP contribution in [0, 0.1) is 5.92 Å². The third kappa shape index (κ3) is 10.9. The van der Waals surface area contributed by atoms with Gasteiger partial charge in [0.05, 0.1) is 6.54 Å². The summed E-state index contributed by atoms with van der Waals surface area (Å²) in [5.41, 5.74) is 0. The van der Waals surface area contributed by atoms with E-state index in [1.54, 1.807) is 0 Å². The summed E-state index contributed by atoms with van der Waals surface area (Å²) in [6, 6.07) is 0.516. The zero-order chi connectivity index (χ0) is 18.5. The van der Waals surface area contributed by atoms with Crippen LogP contribution in [0.5, 0.6) is 0 Å². The Hall–Kier alpha value is -0.120. The van der Waals surface area contributed by atoms with E-state index in [2.05, 4.69) is 48.3 Å². The fourth-order valence-electron chi connectivity index (χ4n) is 3.11. The molecule has 0 aromatic carbocycles. The van der Waals surface area contributed by atoms with Gasteiger partial charge in [0.25, 0.3) is 0 Å². The fourth-order valence-corrected chi connectivity index (χ4v) is 3.11. The molecule has 1 aliphatic rings. The molecule has 1 heterocycles. The van der Waals surface area contributed by atoms with E-state index in [-0.39, 0.29) is 24.0 Å². The molecule has 0 aliphatic carbocycles. The van der Waals surface area contributed by atoms with Crippen LogP contribution in [0.1, 0.15) is 40.5 Å². The lowest BCUT2D eigenvalue weighted by Crippen LogP contribution is -2.52. The largest absolute Gasteiger partial charge is 0.382 e. The second kappa shape index (κ2) is 15.9. The van der Waals surface area contributed by atoms with Gasteiger partial charge < -0.3 is 20.3 Å². The van der Waals surface area contributed by atoms with Gasteiger partial charge in [-0.2, -0.15) is 0 Å². The van der Waals surface area contributed by atoms with E-state index in [0.717, 1.165) is 77.8 Å². The van der Waals surface area contributed by atoms with E-state index in [1.165, 1.54) is 0 Å². The summed E-state index contributed by atoms with van der Waals surface area (Å²) < 4.78 is 5.39. The molecule has 0 bridgehead atoms. The van der Waals surface area contributed by atoms with Crippen molar-refractivity contribution in [2.75, 3.05) is 66.1 Å². The molecular formula is C19H42IN5O. The molecule has 1 saturated heterocycles. The van der Waals surface area contributed by atoms with E-state index >= 15 is 0 Å². The molecule has 1 fully saturated rings. The molecule has 0 aromatic heterocycles. The van der Waals surface area contributed by atoms with Crippen LogP contribution >= 0.6 is 24.0 Å². The van der Waals surface area contributed by atoms with Gasteiger partial charge in [-0.15, -0.1) is 24.0 Å². The molecule has 1 aliphatic heterocycles. The summed E-state index contributed by atoms with van der Waals surface area (Å²) in [6.45, 7) is 17.8. The average molecular weight is 483 g/mol. The Labute approximate surface area is 178 Å². The lowest BCUT2D eigenvalue weighted by atomic mass is 10.0. The van der Waals surface area contributed by atoms with Crippen LogP contribution in [0.15, 0.2) is 4.99 Å². The maximum atomic E-state index is 5.39. The Bertz CT molecular complexity index is 360. The number of likely N-dealkylation sites (N-methyl/N-ethyl adjacent to an activating group) is 1. The number of piperazine rings is 1. The van der Waals surface area contributed by atoms with Gasteiger partial charge in [0.1, 0.15) is 0 Å². The second-order valence-corrected chi connectivity index (χ2v) is 7.20. The molecule has 7 heteroatoms. The lowest BCUT2D eigenvalue weighted by molar-refractivity contribution is 0.0925. The summed E-state index contributed by atoms with van der Waals surface area (Å²) in [5, 5.41) is 6.83. The van der Waals surface area contributed by atoms with Crippen molar-refractivity contribution in [1.82, 2.24) is 20.4 Å². The molecule has 0 radical (unpaired) electrons. The van der Waals surface area contributed by atoms with E-state index in [9.17, 15) is 0 Å². The van der Waals surface area contributed by atoms with Crippen LogP contribution < -0.4 is 10.6 Å². The molecule has 1 unspecified atom stereocenters. The first-order valence-corrected chi connectivity index (χ1v) is 10.1. The van der Waals surface area contributed by atoms with Crippen molar-refractivity contribution in [3.05, 3.63) is 0 Å². The first-order valence-electron chi connectivity index (χ1n) is 10.1. The molecule has 0 amide bonds. The molecule has 156 valence electrons. The predicted octanol–water partition coefficient (Wildman–Crippen LogP) is 2.25. The van der Waals surface area contributed by atoms with Crippen molar-refractivity contribution >= 4 is 29.9 Å². The maximum Gasteiger partial charge on any atom is 0.191 e. The predicted molar refractivity (Wildman–Crippen MR) is 123 cm³/mol. The van der Waals surface area contributed by atoms with E-state index in [0.29, 0.717) is 12.0 Å². The third-order valence-electron chi connectivity index (χ3n) is 4.77. The number of nitrogens with one attached hydrogen (secondary N) is 2. The topological polar surface area (TPSA) is 52.1 Å². The number of hydrogen-bond donors (Lipinski definition) is 2. The number of ether oxygens (including phenoxy) is 1. The zero-order valence-corrected chi connectivity index (χ0v) is 19.9. The minimum Gasteiger partial charge on any atom is -0.382 e. The smallest absolute Gasteiger partial charge is 0.191 e. The van der Waals surface area contributed by atoms with Crippen molar-refractivity contribution < 1.29 is 4.74 Å². The van der Waals surface area contributed by atoms with Crippen LogP contribution in [0.25, 0.3) is 0 Å². The second-order valence-electron chi connectivity index (χ2n) is 7.20. The van der Waals surface area contributed by atoms with Gasteiger partial charge in [-0.1, -0.05) is 13.8 Å². The maximum absolute atomic E-state index is 5.39. The highest BCUT2D eigenvalue weighted by atomic mass is 127. The van der Waals surface area contributed by atoms with Crippen molar-refractivity contribution in [3.63, 3.8) is 0 Å². The van der Waals surface area contributed by atoms with Gasteiger partial charge >= 0.3 is 0 Å². The molecular weight excluding hydrogens is 441 g/mol. The summed E-state index contributed by atoms with van der Waals surface area (Å²) in [7, 11) is 2.21. The molecule has 0 spiro atoms. The molecule has 1 rings (SSSR count). The quantitative estimate of drug-likeness (QED) is 0.204. The van der Waals surface area contributed by atoms with E-state index < -0.39 is 0 Å². The Kier molecular flexibility index (Phi) is 15.8. The minimum absolute atomic E-state index is 0. The van der Waals surface area contributed by atoms with Gasteiger partial charge in [0.15, 0.2) is 5.96 Å². The normalized spacial score (nSPS) is 17.8. The molecule has 26 heavy (non-hydrogen) atoms. The van der Waals surface area contributed by atoms with Crippen LogP contribution in [-0.4, -0.2) is 87.9 Å². The van der Waals surface area contributed by atoms with Gasteiger partial charge in [-0.25, -0.2) is 0 Å². The van der Waals surface area contributed by atoms with Crippen molar-refractivity contribution in [3.8, 4) is 0 Å². The van der Waals surface area contributed by atoms with Gasteiger partial charge in [-0.3, -0.25) is 9.89 Å². The van der Waals surface area contributed by atoms with Crippen molar-refractivity contribution in [1.29, 1.82) is 0 Å². The highest BCUT2D eigenvalue weighted by molar-refractivity contribution is 14.0. The molecule has 1 atom stereocenters. The van der Waals surface area contributed by atoms with Gasteiger partial charge in [0.2, 0.25) is 0 Å². The van der Waals surface area contributed by atoms with Crippen LogP contribution in [-0.2, 0) is 4.74 Å². The summed E-state index contributed by atoms with van der Waals surface area (Å²) in [4.78, 5) is 9.89. The van der Waals surface area contributed by atoms with Crippen LogP contribution in [0.2, 0.25) is 0 Å². The number of halogens is 1. The Morgan fingerprint density at radius 2 is 1.77 bits per heavy atom. The summed E-state index contributed by atoms with van der Waals surface area (Å²) >= 11 is 0. The summed E-state index contributed by atoms with van der Waals surface area (Å²) in [6.07, 6.45) is 2.20. The highest BCUT2D eigenvalue weighted by Crippen LogP contribution is 2.14. The molecule has 2 N–H and O–H groups in total. The average Bonchev–Trinajstić information content (AvgIpc) is 2.59. The van der Waals surface area contributed by atoms with Gasteiger partial charge in [-0.05, 0) is 39.7 Å². The lowest BCUT2D eigenvalue weighted by Gasteiger charge is -2.39. The standard InChI is InChI=1S/C19H41N5O.HI/c1-6-20-19(21-10-8-9-15-25-7-2)22-16-18(17(3)4)24-13-11-23(5)12-14-24;/h17-18H,6-16H2,1-5H3,(H2,20,21,22);1H. The zero-order valence-electron chi connectivity index (χ0n) is 17.6. The first kappa shape index (κ1) is 25.9. The van der Waals surface area contributed by atoms with Crippen LogP contribution in [0.3, 0.4) is 0 Å². The number of aliphatic imine (C=N–C) groups is 1. The SMILES string of the molecule is CCNC(=NCC(C(C)C)N1CCN(C)CC1)NCCCCOCC.I. The number of guanidine groups is 1. The highest BCUT2D eigenvalue weighted by Gasteiger charge is 2.24. The van der Waals surface area contributed by atoms with E-state index in [4.69, 9.17) is 9.73 Å². The first-order chi connectivity index (χ1) is 12.1. The number of hydrogen-bond acceptors (Lipinski definition) is 4. The Morgan fingerprint density at radius 3 is 2.35 bits per heavy atom. The number of unbranched alkanes of at least 4 members (excludes halogenated alkanes) is 1. The fraction of sp³-hybridized carbons (Fsp3) is 0.947. The minimum atomic E-state index is 0. The Balaban J connectivity index is 0.00000625. The molecule has 0 saturated carbocycles. The van der Waals surface area contributed by atoms with Gasteiger partial charge in [0, 0.05) is 58.5 Å².